The molecule has 1 rings (SSSR count). The monoisotopic (exact) mass is 242 g/mol. The van der Waals surface area contributed by atoms with Crippen LogP contribution in [-0.4, -0.2) is 39.3 Å². The number of hydrogen-bond donors (Lipinski definition) is 2. The summed E-state index contributed by atoms with van der Waals surface area (Å²) in [6.45, 7) is 9.91. The fourth-order valence-electron chi connectivity index (χ4n) is 3.13. The molecule has 0 aliphatic heterocycles. The summed E-state index contributed by atoms with van der Waals surface area (Å²) in [5, 5.41) is 0. The minimum atomic E-state index is 0.949. The SMILES string of the molecule is CC[NH+](CC)CC[NH+](C)C1CCCCCCC1. The summed E-state index contributed by atoms with van der Waals surface area (Å²) in [5.74, 6) is 0. The van der Waals surface area contributed by atoms with Crippen molar-refractivity contribution in [3.63, 3.8) is 0 Å². The van der Waals surface area contributed by atoms with Crippen LogP contribution in [0.5, 0.6) is 0 Å². The molecule has 0 amide bonds. The highest BCUT2D eigenvalue weighted by Gasteiger charge is 2.20. The van der Waals surface area contributed by atoms with Gasteiger partial charge in [0.15, 0.2) is 0 Å². The summed E-state index contributed by atoms with van der Waals surface area (Å²) in [4.78, 5) is 3.56. The Hall–Kier alpha value is -0.0800. The van der Waals surface area contributed by atoms with E-state index in [4.69, 9.17) is 0 Å². The summed E-state index contributed by atoms with van der Waals surface area (Å²) in [6.07, 6.45) is 10.3. The van der Waals surface area contributed by atoms with Crippen LogP contribution < -0.4 is 9.80 Å². The van der Waals surface area contributed by atoms with Crippen molar-refractivity contribution >= 4 is 0 Å². The number of rotatable bonds is 6. The minimum Gasteiger partial charge on any atom is -0.331 e. The van der Waals surface area contributed by atoms with Crippen LogP contribution in [0.4, 0.5) is 0 Å². The summed E-state index contributed by atoms with van der Waals surface area (Å²) < 4.78 is 0. The van der Waals surface area contributed by atoms with Crippen LogP contribution in [0.2, 0.25) is 0 Å². The van der Waals surface area contributed by atoms with Gasteiger partial charge in [-0.2, -0.15) is 0 Å². The first-order valence-corrected chi connectivity index (χ1v) is 7.93. The molecule has 0 radical (unpaired) electrons. The topological polar surface area (TPSA) is 8.88 Å². The van der Waals surface area contributed by atoms with Gasteiger partial charge >= 0.3 is 0 Å². The van der Waals surface area contributed by atoms with E-state index in [2.05, 4.69) is 20.9 Å². The van der Waals surface area contributed by atoms with Crippen LogP contribution in [0.15, 0.2) is 0 Å². The van der Waals surface area contributed by atoms with Crippen LogP contribution in [0.1, 0.15) is 58.8 Å². The van der Waals surface area contributed by atoms with Gasteiger partial charge in [-0.1, -0.05) is 19.3 Å². The Morgan fingerprint density at radius 2 is 1.35 bits per heavy atom. The molecule has 2 nitrogen and oxygen atoms in total. The second-order valence-corrected chi connectivity index (χ2v) is 5.85. The van der Waals surface area contributed by atoms with Crippen molar-refractivity contribution < 1.29 is 9.80 Å². The Kier molecular flexibility index (Phi) is 7.87. The third kappa shape index (κ3) is 5.87. The number of quaternary nitrogens is 2. The molecule has 0 heterocycles. The average Bonchev–Trinajstić information content (AvgIpc) is 2.29. The van der Waals surface area contributed by atoms with Crippen LogP contribution >= 0.6 is 0 Å². The molecule has 0 aromatic heterocycles. The van der Waals surface area contributed by atoms with Gasteiger partial charge in [0.05, 0.1) is 26.2 Å². The van der Waals surface area contributed by atoms with E-state index in [-0.39, 0.29) is 0 Å². The maximum atomic E-state index is 2.43. The molecule has 0 aromatic carbocycles. The molecule has 0 aromatic rings. The highest BCUT2D eigenvalue weighted by atomic mass is 15.2. The van der Waals surface area contributed by atoms with Crippen LogP contribution in [0, 0.1) is 0 Å². The molecule has 1 unspecified atom stereocenters. The second-order valence-electron chi connectivity index (χ2n) is 5.85. The molecule has 2 N–H and O–H groups in total. The summed E-state index contributed by atoms with van der Waals surface area (Å²) >= 11 is 0. The Bertz CT molecular complexity index is 170. The molecule has 17 heavy (non-hydrogen) atoms. The van der Waals surface area contributed by atoms with Crippen molar-refractivity contribution in [1.82, 2.24) is 0 Å². The summed E-state index contributed by atoms with van der Waals surface area (Å²) in [5.41, 5.74) is 0. The second kappa shape index (κ2) is 8.93. The van der Waals surface area contributed by atoms with E-state index in [9.17, 15) is 0 Å². The van der Waals surface area contributed by atoms with Crippen LogP contribution in [0.25, 0.3) is 0 Å². The maximum absolute atomic E-state index is 2.43. The van der Waals surface area contributed by atoms with Gasteiger partial charge in [-0.25, -0.2) is 0 Å². The minimum absolute atomic E-state index is 0.949. The lowest BCUT2D eigenvalue weighted by molar-refractivity contribution is -0.959. The molecule has 102 valence electrons. The van der Waals surface area contributed by atoms with E-state index in [0.29, 0.717) is 0 Å². The Morgan fingerprint density at radius 3 is 1.88 bits per heavy atom. The first kappa shape index (κ1) is 15.0. The van der Waals surface area contributed by atoms with Crippen LogP contribution in [0.3, 0.4) is 0 Å². The normalized spacial score (nSPS) is 21.2. The molecule has 0 bridgehead atoms. The van der Waals surface area contributed by atoms with Crippen molar-refractivity contribution in [2.75, 3.05) is 33.2 Å². The molecular weight excluding hydrogens is 208 g/mol. The van der Waals surface area contributed by atoms with Crippen molar-refractivity contribution in [1.29, 1.82) is 0 Å². The Morgan fingerprint density at radius 1 is 0.824 bits per heavy atom. The zero-order valence-electron chi connectivity index (χ0n) is 12.4. The number of hydrogen-bond acceptors (Lipinski definition) is 0. The quantitative estimate of drug-likeness (QED) is 0.673. The van der Waals surface area contributed by atoms with Crippen molar-refractivity contribution in [3.8, 4) is 0 Å². The maximum Gasteiger partial charge on any atom is 0.127 e. The zero-order chi connectivity index (χ0) is 12.5. The van der Waals surface area contributed by atoms with Gasteiger partial charge in [-0.15, -0.1) is 0 Å². The number of nitrogens with one attached hydrogen (secondary N) is 2. The van der Waals surface area contributed by atoms with E-state index in [1.165, 1.54) is 71.1 Å². The molecule has 1 aliphatic rings. The highest BCUT2D eigenvalue weighted by Crippen LogP contribution is 2.15. The van der Waals surface area contributed by atoms with E-state index >= 15 is 0 Å². The highest BCUT2D eigenvalue weighted by molar-refractivity contribution is 4.61. The first-order chi connectivity index (χ1) is 8.27. The van der Waals surface area contributed by atoms with Gasteiger partial charge in [0.25, 0.3) is 0 Å². The van der Waals surface area contributed by atoms with Crippen molar-refractivity contribution in [2.45, 2.75) is 64.8 Å². The lowest BCUT2D eigenvalue weighted by Gasteiger charge is -2.27. The van der Waals surface area contributed by atoms with E-state index < -0.39 is 0 Å². The molecule has 1 saturated carbocycles. The lowest BCUT2D eigenvalue weighted by Crippen LogP contribution is -3.20. The van der Waals surface area contributed by atoms with E-state index in [1.54, 1.807) is 9.80 Å². The molecule has 1 aliphatic carbocycles. The van der Waals surface area contributed by atoms with Gasteiger partial charge in [0, 0.05) is 0 Å². The average molecular weight is 242 g/mol. The molecule has 2 heteroatoms. The van der Waals surface area contributed by atoms with Crippen molar-refractivity contribution in [3.05, 3.63) is 0 Å². The molecule has 1 fully saturated rings. The smallest absolute Gasteiger partial charge is 0.127 e. The van der Waals surface area contributed by atoms with Crippen LogP contribution in [-0.2, 0) is 0 Å². The predicted molar refractivity (Wildman–Crippen MR) is 74.8 cm³/mol. The van der Waals surface area contributed by atoms with Gasteiger partial charge in [-0.05, 0) is 39.5 Å². The zero-order valence-corrected chi connectivity index (χ0v) is 12.4. The van der Waals surface area contributed by atoms with Gasteiger partial charge in [0.2, 0.25) is 0 Å². The third-order valence-electron chi connectivity index (χ3n) is 4.67. The molecule has 0 saturated heterocycles. The molecule has 1 atom stereocenters. The first-order valence-electron chi connectivity index (χ1n) is 7.93. The summed E-state index contributed by atoms with van der Waals surface area (Å²) in [7, 11) is 2.43. The lowest BCUT2D eigenvalue weighted by atomic mass is 9.96. The molecule has 0 spiro atoms. The van der Waals surface area contributed by atoms with E-state index in [0.717, 1.165) is 6.04 Å². The third-order valence-corrected chi connectivity index (χ3v) is 4.67. The summed E-state index contributed by atoms with van der Waals surface area (Å²) in [6, 6.07) is 0.949. The molecular formula is C15H34N2+2. The van der Waals surface area contributed by atoms with Gasteiger partial charge in [-0.3, -0.25) is 0 Å². The van der Waals surface area contributed by atoms with Gasteiger partial charge in [0.1, 0.15) is 13.1 Å². The Balaban J connectivity index is 2.26. The van der Waals surface area contributed by atoms with Crippen molar-refractivity contribution in [2.24, 2.45) is 0 Å². The largest absolute Gasteiger partial charge is 0.331 e. The fourth-order valence-corrected chi connectivity index (χ4v) is 3.13. The predicted octanol–water partition coefficient (Wildman–Crippen LogP) is 0.539. The number of likely N-dealkylation sites (N-methyl/N-ethyl adjacent to an activating group) is 2. The van der Waals surface area contributed by atoms with Gasteiger partial charge < -0.3 is 9.80 Å². The Labute approximate surface area is 108 Å². The van der Waals surface area contributed by atoms with E-state index in [1.807, 2.05) is 0 Å². The fraction of sp³-hybridized carbons (Fsp3) is 1.00. The standard InChI is InChI=1S/C15H32N2/c1-4-17(5-2)14-13-16(3)15-11-9-7-6-8-10-12-15/h15H,4-14H2,1-3H3/p+2.